The Morgan fingerprint density at radius 3 is 2.22 bits per heavy atom. The Hall–Kier alpha value is -1.38. The SMILES string of the molecule is C=C(C)C(CC=O)C(CC=C(C)C)C(=O)OCC. The van der Waals surface area contributed by atoms with Crippen LogP contribution in [-0.4, -0.2) is 18.9 Å². The van der Waals surface area contributed by atoms with Crippen LogP contribution >= 0.6 is 0 Å². The maximum atomic E-state index is 12.0. The summed E-state index contributed by atoms with van der Waals surface area (Å²) < 4.78 is 5.09. The van der Waals surface area contributed by atoms with E-state index in [0.29, 0.717) is 19.4 Å². The van der Waals surface area contributed by atoms with Gasteiger partial charge in [-0.1, -0.05) is 23.8 Å². The summed E-state index contributed by atoms with van der Waals surface area (Å²) in [6.07, 6.45) is 3.75. The molecule has 0 saturated heterocycles. The molecule has 18 heavy (non-hydrogen) atoms. The Balaban J connectivity index is 5.01. The number of allylic oxidation sites excluding steroid dienone is 3. The summed E-state index contributed by atoms with van der Waals surface area (Å²) in [5, 5.41) is 0. The van der Waals surface area contributed by atoms with E-state index in [-0.39, 0.29) is 17.8 Å². The molecule has 0 aromatic carbocycles. The molecule has 0 rings (SSSR count). The highest BCUT2D eigenvalue weighted by atomic mass is 16.5. The van der Waals surface area contributed by atoms with Gasteiger partial charge in [0, 0.05) is 6.42 Å². The van der Waals surface area contributed by atoms with Crippen LogP contribution in [0.25, 0.3) is 0 Å². The maximum Gasteiger partial charge on any atom is 0.309 e. The highest BCUT2D eigenvalue weighted by Crippen LogP contribution is 2.27. The number of carbonyl (C=O) groups excluding carboxylic acids is 2. The molecule has 0 aliphatic rings. The highest BCUT2D eigenvalue weighted by molar-refractivity contribution is 5.74. The minimum Gasteiger partial charge on any atom is -0.466 e. The standard InChI is InChI=1S/C15H24O3/c1-6-18-15(17)14(8-7-11(2)3)13(9-10-16)12(4)5/h7,10,13-14H,4,6,8-9H2,1-3,5H3. The zero-order valence-corrected chi connectivity index (χ0v) is 11.9. The van der Waals surface area contributed by atoms with Crippen LogP contribution in [0.1, 0.15) is 40.5 Å². The van der Waals surface area contributed by atoms with Crippen LogP contribution in [0.3, 0.4) is 0 Å². The van der Waals surface area contributed by atoms with E-state index < -0.39 is 0 Å². The van der Waals surface area contributed by atoms with Gasteiger partial charge in [0.25, 0.3) is 0 Å². The van der Waals surface area contributed by atoms with E-state index in [2.05, 4.69) is 6.58 Å². The van der Waals surface area contributed by atoms with Crippen molar-refractivity contribution in [1.82, 2.24) is 0 Å². The Bertz CT molecular complexity index is 325. The minimum atomic E-state index is -0.317. The number of hydrogen-bond acceptors (Lipinski definition) is 3. The summed E-state index contributed by atoms with van der Waals surface area (Å²) in [6.45, 7) is 11.8. The van der Waals surface area contributed by atoms with Crippen molar-refractivity contribution in [2.45, 2.75) is 40.5 Å². The minimum absolute atomic E-state index is 0.142. The van der Waals surface area contributed by atoms with Crippen molar-refractivity contribution >= 4 is 12.3 Å². The van der Waals surface area contributed by atoms with Crippen LogP contribution in [0.5, 0.6) is 0 Å². The summed E-state index contributed by atoms with van der Waals surface area (Å²) in [6, 6.07) is 0. The molecule has 0 aliphatic heterocycles. The van der Waals surface area contributed by atoms with Crippen LogP contribution in [0, 0.1) is 11.8 Å². The molecule has 0 amide bonds. The van der Waals surface area contributed by atoms with Gasteiger partial charge in [0.15, 0.2) is 0 Å². The number of hydrogen-bond donors (Lipinski definition) is 0. The Morgan fingerprint density at radius 2 is 1.83 bits per heavy atom. The van der Waals surface area contributed by atoms with Crippen molar-refractivity contribution in [3.05, 3.63) is 23.8 Å². The zero-order chi connectivity index (χ0) is 14.1. The largest absolute Gasteiger partial charge is 0.466 e. The van der Waals surface area contributed by atoms with E-state index >= 15 is 0 Å². The average Bonchev–Trinajstić information content (AvgIpc) is 2.27. The van der Waals surface area contributed by atoms with E-state index in [9.17, 15) is 9.59 Å². The number of ether oxygens (including phenoxy) is 1. The first-order valence-corrected chi connectivity index (χ1v) is 6.33. The van der Waals surface area contributed by atoms with Crippen LogP contribution in [0.4, 0.5) is 0 Å². The highest BCUT2D eigenvalue weighted by Gasteiger charge is 2.28. The van der Waals surface area contributed by atoms with E-state index in [1.807, 2.05) is 26.8 Å². The fraction of sp³-hybridized carbons (Fsp3) is 0.600. The van der Waals surface area contributed by atoms with Gasteiger partial charge in [-0.05, 0) is 40.0 Å². The molecule has 0 heterocycles. The lowest BCUT2D eigenvalue weighted by atomic mass is 9.82. The number of carbonyl (C=O) groups is 2. The third-order valence-corrected chi connectivity index (χ3v) is 2.84. The van der Waals surface area contributed by atoms with Gasteiger partial charge < -0.3 is 9.53 Å². The average molecular weight is 252 g/mol. The third kappa shape index (κ3) is 5.80. The molecule has 0 fully saturated rings. The Labute approximate surface area is 110 Å². The molecule has 0 saturated carbocycles. The van der Waals surface area contributed by atoms with Crippen molar-refractivity contribution in [2.75, 3.05) is 6.61 Å². The first-order valence-electron chi connectivity index (χ1n) is 6.33. The fourth-order valence-corrected chi connectivity index (χ4v) is 1.85. The van der Waals surface area contributed by atoms with Gasteiger partial charge >= 0.3 is 5.97 Å². The van der Waals surface area contributed by atoms with Crippen LogP contribution in [-0.2, 0) is 14.3 Å². The smallest absolute Gasteiger partial charge is 0.309 e. The topological polar surface area (TPSA) is 43.4 Å². The quantitative estimate of drug-likeness (QED) is 0.378. The molecule has 2 atom stereocenters. The van der Waals surface area contributed by atoms with Gasteiger partial charge in [0.1, 0.15) is 6.29 Å². The predicted octanol–water partition coefficient (Wildman–Crippen LogP) is 3.30. The lowest BCUT2D eigenvalue weighted by molar-refractivity contribution is -0.149. The molecule has 0 radical (unpaired) electrons. The number of aldehydes is 1. The molecule has 0 aliphatic carbocycles. The first-order chi connectivity index (χ1) is 8.43. The van der Waals surface area contributed by atoms with E-state index in [1.54, 1.807) is 6.92 Å². The molecular formula is C15H24O3. The molecule has 0 N–H and O–H groups in total. The molecule has 3 nitrogen and oxygen atoms in total. The number of esters is 1. The van der Waals surface area contributed by atoms with E-state index in [4.69, 9.17) is 4.74 Å². The van der Waals surface area contributed by atoms with Gasteiger partial charge in [0.2, 0.25) is 0 Å². The molecule has 0 spiro atoms. The van der Waals surface area contributed by atoms with Gasteiger partial charge in [-0.15, -0.1) is 0 Å². The summed E-state index contributed by atoms with van der Waals surface area (Å²) in [5.74, 6) is -0.704. The molecule has 0 aromatic heterocycles. The summed E-state index contributed by atoms with van der Waals surface area (Å²) in [5.41, 5.74) is 2.00. The predicted molar refractivity (Wildman–Crippen MR) is 73.2 cm³/mol. The second kappa shape index (κ2) is 8.67. The lowest BCUT2D eigenvalue weighted by Gasteiger charge is -2.23. The molecule has 102 valence electrons. The third-order valence-electron chi connectivity index (χ3n) is 2.84. The van der Waals surface area contributed by atoms with E-state index in [0.717, 1.165) is 17.4 Å². The van der Waals surface area contributed by atoms with Crippen LogP contribution < -0.4 is 0 Å². The second-order valence-electron chi connectivity index (χ2n) is 4.73. The summed E-state index contributed by atoms with van der Waals surface area (Å²) in [7, 11) is 0. The van der Waals surface area contributed by atoms with Crippen LogP contribution in [0.2, 0.25) is 0 Å². The summed E-state index contributed by atoms with van der Waals surface area (Å²) >= 11 is 0. The van der Waals surface area contributed by atoms with Gasteiger partial charge in [-0.2, -0.15) is 0 Å². The Kier molecular flexibility index (Phi) is 8.01. The number of rotatable bonds is 8. The van der Waals surface area contributed by atoms with Crippen molar-refractivity contribution in [3.63, 3.8) is 0 Å². The van der Waals surface area contributed by atoms with Gasteiger partial charge in [0.05, 0.1) is 12.5 Å². The van der Waals surface area contributed by atoms with Gasteiger partial charge in [-0.3, -0.25) is 4.79 Å². The second-order valence-corrected chi connectivity index (χ2v) is 4.73. The van der Waals surface area contributed by atoms with E-state index in [1.165, 1.54) is 0 Å². The Morgan fingerprint density at radius 1 is 1.22 bits per heavy atom. The molecular weight excluding hydrogens is 228 g/mol. The van der Waals surface area contributed by atoms with Crippen molar-refractivity contribution in [1.29, 1.82) is 0 Å². The molecule has 2 unspecified atom stereocenters. The lowest BCUT2D eigenvalue weighted by Crippen LogP contribution is -2.26. The summed E-state index contributed by atoms with van der Waals surface area (Å²) in [4.78, 5) is 22.7. The first kappa shape index (κ1) is 16.6. The maximum absolute atomic E-state index is 12.0. The normalized spacial score (nSPS) is 13.3. The molecule has 3 heteroatoms. The van der Waals surface area contributed by atoms with Crippen molar-refractivity contribution in [3.8, 4) is 0 Å². The molecule has 0 bridgehead atoms. The van der Waals surface area contributed by atoms with Crippen molar-refractivity contribution < 1.29 is 14.3 Å². The van der Waals surface area contributed by atoms with Crippen LogP contribution in [0.15, 0.2) is 23.8 Å². The molecule has 0 aromatic rings. The monoisotopic (exact) mass is 252 g/mol. The van der Waals surface area contributed by atoms with Gasteiger partial charge in [-0.25, -0.2) is 0 Å². The fourth-order valence-electron chi connectivity index (χ4n) is 1.85. The van der Waals surface area contributed by atoms with Crippen molar-refractivity contribution in [2.24, 2.45) is 11.8 Å². The zero-order valence-electron chi connectivity index (χ0n) is 11.9.